The van der Waals surface area contributed by atoms with Crippen molar-refractivity contribution in [3.8, 4) is 0 Å². The summed E-state index contributed by atoms with van der Waals surface area (Å²) in [5.74, 6) is 0.185. The Morgan fingerprint density at radius 2 is 1.93 bits per heavy atom. The molecule has 0 aliphatic heterocycles. The van der Waals surface area contributed by atoms with E-state index in [9.17, 15) is 4.39 Å². The summed E-state index contributed by atoms with van der Waals surface area (Å²) in [5, 5.41) is 12.1. The first kappa shape index (κ1) is 17.9. The minimum absolute atomic E-state index is 0.231. The zero-order valence-electron chi connectivity index (χ0n) is 16.2. The van der Waals surface area contributed by atoms with Crippen molar-refractivity contribution in [2.24, 2.45) is 11.1 Å². The molecule has 0 saturated heterocycles. The summed E-state index contributed by atoms with van der Waals surface area (Å²) in [4.78, 5) is 5.08. The Morgan fingerprint density at radius 3 is 2.66 bits per heavy atom. The largest absolute Gasteiger partial charge is 0.399 e. The second kappa shape index (κ2) is 6.99. The van der Waals surface area contributed by atoms with Gasteiger partial charge in [0.2, 0.25) is 0 Å². The number of nitrogens with one attached hydrogen (secondary N) is 1. The Morgan fingerprint density at radius 1 is 1.14 bits per heavy atom. The molecule has 1 heterocycles. The van der Waals surface area contributed by atoms with Crippen LogP contribution in [0.3, 0.4) is 0 Å². The molecule has 0 amide bonds. The monoisotopic (exact) mass is 387 g/mol. The Balaban J connectivity index is 1.63. The SMILES string of the molecule is CO/N=C(/c1n[nH]c2c1C=CC(c1ccccc1)(c1cccc(F)c1)C2)C1CC1. The average Bonchev–Trinajstić information content (AvgIpc) is 3.52. The molecular weight excluding hydrogens is 365 g/mol. The van der Waals surface area contributed by atoms with Crippen molar-refractivity contribution in [2.75, 3.05) is 7.11 Å². The van der Waals surface area contributed by atoms with Crippen LogP contribution in [0.4, 0.5) is 4.39 Å². The summed E-state index contributed by atoms with van der Waals surface area (Å²) >= 11 is 0. The van der Waals surface area contributed by atoms with Crippen LogP contribution >= 0.6 is 0 Å². The lowest BCUT2D eigenvalue weighted by Crippen LogP contribution is -2.30. The van der Waals surface area contributed by atoms with Crippen LogP contribution in [0.5, 0.6) is 0 Å². The van der Waals surface area contributed by atoms with E-state index in [1.165, 1.54) is 6.07 Å². The van der Waals surface area contributed by atoms with E-state index >= 15 is 0 Å². The Labute approximate surface area is 169 Å². The van der Waals surface area contributed by atoms with Crippen LogP contribution in [0, 0.1) is 11.7 Å². The van der Waals surface area contributed by atoms with E-state index in [4.69, 9.17) is 4.84 Å². The lowest BCUT2D eigenvalue weighted by atomic mass is 9.68. The van der Waals surface area contributed by atoms with Gasteiger partial charge in [0, 0.05) is 29.0 Å². The molecule has 5 heteroatoms. The molecule has 29 heavy (non-hydrogen) atoms. The molecule has 0 spiro atoms. The fraction of sp³-hybridized carbons (Fsp3) is 0.250. The molecule has 1 atom stereocenters. The van der Waals surface area contributed by atoms with Crippen LogP contribution < -0.4 is 0 Å². The molecule has 3 aromatic rings. The van der Waals surface area contributed by atoms with Gasteiger partial charge >= 0.3 is 0 Å². The van der Waals surface area contributed by atoms with Gasteiger partial charge in [0.1, 0.15) is 24.3 Å². The number of aromatic nitrogens is 2. The second-order valence-corrected chi connectivity index (χ2v) is 7.76. The summed E-state index contributed by atoms with van der Waals surface area (Å²) in [6.45, 7) is 0. The van der Waals surface area contributed by atoms with E-state index in [-0.39, 0.29) is 5.82 Å². The minimum Gasteiger partial charge on any atom is -0.399 e. The molecule has 2 aliphatic carbocycles. The van der Waals surface area contributed by atoms with Crippen LogP contribution in [0.25, 0.3) is 6.08 Å². The zero-order valence-corrected chi connectivity index (χ0v) is 16.2. The molecule has 5 rings (SSSR count). The number of fused-ring (bicyclic) bond motifs is 1. The third-order valence-corrected chi connectivity index (χ3v) is 5.90. The molecule has 146 valence electrons. The predicted octanol–water partition coefficient (Wildman–Crippen LogP) is 4.86. The van der Waals surface area contributed by atoms with Crippen LogP contribution in [0.1, 0.15) is 40.9 Å². The van der Waals surface area contributed by atoms with Crippen molar-refractivity contribution < 1.29 is 9.23 Å². The smallest absolute Gasteiger partial charge is 0.123 e. The average molecular weight is 387 g/mol. The highest BCUT2D eigenvalue weighted by molar-refractivity contribution is 6.04. The number of benzene rings is 2. The number of halogens is 1. The summed E-state index contributed by atoms with van der Waals surface area (Å²) in [7, 11) is 1.57. The molecule has 1 unspecified atom stereocenters. The number of hydrogen-bond donors (Lipinski definition) is 1. The molecular formula is C24H22FN3O. The highest BCUT2D eigenvalue weighted by Gasteiger charge is 2.39. The van der Waals surface area contributed by atoms with Crippen molar-refractivity contribution in [1.29, 1.82) is 0 Å². The quantitative estimate of drug-likeness (QED) is 0.502. The Bertz CT molecular complexity index is 1100. The van der Waals surface area contributed by atoms with E-state index in [2.05, 4.69) is 39.6 Å². The maximum absolute atomic E-state index is 14.1. The third kappa shape index (κ3) is 3.07. The number of allylic oxidation sites excluding steroid dienone is 1. The Hall–Kier alpha value is -3.21. The number of aromatic amines is 1. The van der Waals surface area contributed by atoms with Gasteiger partial charge in [0.05, 0.1) is 0 Å². The van der Waals surface area contributed by atoms with Crippen LogP contribution in [0.15, 0.2) is 65.8 Å². The highest BCUT2D eigenvalue weighted by atomic mass is 19.1. The lowest BCUT2D eigenvalue weighted by Gasteiger charge is -2.34. The predicted molar refractivity (Wildman–Crippen MR) is 111 cm³/mol. The van der Waals surface area contributed by atoms with E-state index < -0.39 is 5.41 Å². The van der Waals surface area contributed by atoms with E-state index in [0.29, 0.717) is 12.3 Å². The minimum atomic E-state index is -0.460. The molecule has 1 aromatic heterocycles. The van der Waals surface area contributed by atoms with Gasteiger partial charge in [-0.15, -0.1) is 0 Å². The summed E-state index contributed by atoms with van der Waals surface area (Å²) in [6, 6.07) is 17.1. The van der Waals surface area contributed by atoms with E-state index in [1.54, 1.807) is 19.2 Å². The third-order valence-electron chi connectivity index (χ3n) is 5.90. The van der Waals surface area contributed by atoms with Gasteiger partial charge in [0.25, 0.3) is 0 Å². The van der Waals surface area contributed by atoms with Crippen molar-refractivity contribution in [2.45, 2.75) is 24.7 Å². The van der Waals surface area contributed by atoms with E-state index in [0.717, 1.165) is 46.6 Å². The van der Waals surface area contributed by atoms with Crippen LogP contribution in [0.2, 0.25) is 0 Å². The molecule has 4 nitrogen and oxygen atoms in total. The molecule has 1 fully saturated rings. The molecule has 1 saturated carbocycles. The first-order chi connectivity index (χ1) is 14.2. The summed E-state index contributed by atoms with van der Waals surface area (Å²) in [5.41, 5.74) is 5.44. The van der Waals surface area contributed by atoms with Gasteiger partial charge < -0.3 is 4.84 Å². The fourth-order valence-corrected chi connectivity index (χ4v) is 4.29. The maximum atomic E-state index is 14.1. The number of H-pyrrole nitrogens is 1. The normalized spacial score (nSPS) is 21.1. The maximum Gasteiger partial charge on any atom is 0.123 e. The number of rotatable bonds is 5. The standard InChI is InChI=1S/C24H22FN3O/c1-29-28-22(16-10-11-16)23-20-12-13-24(15-21(20)26-27-23,17-6-3-2-4-7-17)18-8-5-9-19(25)14-18/h2-9,12-14,16H,10-11,15H2,1H3,(H,26,27)/b28-22+. The number of oxime groups is 1. The van der Waals surface area contributed by atoms with Gasteiger partial charge in [-0.3, -0.25) is 5.10 Å². The first-order valence-corrected chi connectivity index (χ1v) is 9.91. The molecule has 0 radical (unpaired) electrons. The number of nitrogens with zero attached hydrogens (tertiary/aromatic N) is 2. The highest BCUT2D eigenvalue weighted by Crippen LogP contribution is 2.43. The van der Waals surface area contributed by atoms with Gasteiger partial charge in [0.15, 0.2) is 0 Å². The fourth-order valence-electron chi connectivity index (χ4n) is 4.29. The second-order valence-electron chi connectivity index (χ2n) is 7.76. The molecule has 1 N–H and O–H groups in total. The van der Waals surface area contributed by atoms with Gasteiger partial charge in [-0.25, -0.2) is 4.39 Å². The van der Waals surface area contributed by atoms with E-state index in [1.807, 2.05) is 24.3 Å². The topological polar surface area (TPSA) is 50.3 Å². The lowest BCUT2D eigenvalue weighted by molar-refractivity contribution is 0.212. The van der Waals surface area contributed by atoms with Crippen molar-refractivity contribution in [3.05, 3.63) is 94.6 Å². The van der Waals surface area contributed by atoms with Crippen molar-refractivity contribution >= 4 is 11.8 Å². The zero-order chi connectivity index (χ0) is 19.8. The van der Waals surface area contributed by atoms with Gasteiger partial charge in [-0.1, -0.05) is 59.8 Å². The summed E-state index contributed by atoms with van der Waals surface area (Å²) < 4.78 is 14.1. The van der Waals surface area contributed by atoms with Gasteiger partial charge in [-0.2, -0.15) is 5.10 Å². The molecule has 2 aliphatic rings. The van der Waals surface area contributed by atoms with Gasteiger partial charge in [-0.05, 0) is 36.1 Å². The first-order valence-electron chi connectivity index (χ1n) is 9.91. The Kier molecular flexibility index (Phi) is 4.31. The van der Waals surface area contributed by atoms with Crippen LogP contribution in [-0.4, -0.2) is 23.0 Å². The van der Waals surface area contributed by atoms with Crippen molar-refractivity contribution in [1.82, 2.24) is 10.2 Å². The number of hydrogen-bond acceptors (Lipinski definition) is 3. The summed E-state index contributed by atoms with van der Waals surface area (Å²) in [6.07, 6.45) is 7.18. The molecule has 0 bridgehead atoms. The van der Waals surface area contributed by atoms with Crippen LogP contribution in [-0.2, 0) is 16.7 Å². The molecule has 2 aromatic carbocycles. The van der Waals surface area contributed by atoms with Crippen molar-refractivity contribution in [3.63, 3.8) is 0 Å².